The lowest BCUT2D eigenvalue weighted by atomic mass is 10.1. The first kappa shape index (κ1) is 13.0. The third-order valence-corrected chi connectivity index (χ3v) is 3.40. The third-order valence-electron chi connectivity index (χ3n) is 3.40. The van der Waals surface area contributed by atoms with Gasteiger partial charge in [0.1, 0.15) is 0 Å². The summed E-state index contributed by atoms with van der Waals surface area (Å²) in [5, 5.41) is 3.46. The van der Waals surface area contributed by atoms with Gasteiger partial charge in [0.2, 0.25) is 0 Å². The van der Waals surface area contributed by atoms with E-state index in [4.69, 9.17) is 0 Å². The molecule has 1 N–H and O–H groups in total. The molecule has 2 heteroatoms. The molecule has 0 radical (unpaired) electrons. The van der Waals surface area contributed by atoms with Gasteiger partial charge in [-0.25, -0.2) is 0 Å². The SMILES string of the molecule is CCCNCCCC(C)N(C)CC1CC1. The van der Waals surface area contributed by atoms with E-state index in [-0.39, 0.29) is 0 Å². The Morgan fingerprint density at radius 1 is 1.33 bits per heavy atom. The van der Waals surface area contributed by atoms with Crippen LogP contribution in [0, 0.1) is 5.92 Å². The van der Waals surface area contributed by atoms with Gasteiger partial charge in [0, 0.05) is 12.6 Å². The topological polar surface area (TPSA) is 15.3 Å². The van der Waals surface area contributed by atoms with Crippen LogP contribution in [0.25, 0.3) is 0 Å². The average Bonchev–Trinajstić information content (AvgIpc) is 3.01. The molecule has 1 fully saturated rings. The van der Waals surface area contributed by atoms with Crippen LogP contribution < -0.4 is 5.32 Å². The molecule has 1 aliphatic rings. The van der Waals surface area contributed by atoms with Gasteiger partial charge in [-0.15, -0.1) is 0 Å². The van der Waals surface area contributed by atoms with Crippen LogP contribution in [0.5, 0.6) is 0 Å². The van der Waals surface area contributed by atoms with Crippen molar-refractivity contribution < 1.29 is 0 Å². The fourth-order valence-electron chi connectivity index (χ4n) is 1.93. The Kier molecular flexibility index (Phi) is 6.26. The van der Waals surface area contributed by atoms with Gasteiger partial charge in [0.25, 0.3) is 0 Å². The highest BCUT2D eigenvalue weighted by molar-refractivity contribution is 4.78. The third kappa shape index (κ3) is 6.16. The molecule has 15 heavy (non-hydrogen) atoms. The van der Waals surface area contributed by atoms with Crippen molar-refractivity contribution in [2.24, 2.45) is 5.92 Å². The Bertz CT molecular complexity index is 155. The maximum atomic E-state index is 3.46. The lowest BCUT2D eigenvalue weighted by Gasteiger charge is -2.24. The predicted molar refractivity (Wildman–Crippen MR) is 67.2 cm³/mol. The normalized spacial score (nSPS) is 18.4. The molecule has 1 saturated carbocycles. The molecule has 1 unspecified atom stereocenters. The first-order valence-electron chi connectivity index (χ1n) is 6.65. The highest BCUT2D eigenvalue weighted by Gasteiger charge is 2.24. The van der Waals surface area contributed by atoms with Crippen molar-refractivity contribution in [3.63, 3.8) is 0 Å². The molecule has 1 rings (SSSR count). The quantitative estimate of drug-likeness (QED) is 0.591. The van der Waals surface area contributed by atoms with Gasteiger partial charge < -0.3 is 10.2 Å². The molecule has 0 aromatic rings. The molecule has 0 aromatic carbocycles. The zero-order valence-electron chi connectivity index (χ0n) is 10.8. The molecule has 0 amide bonds. The second-order valence-electron chi connectivity index (χ2n) is 5.12. The number of rotatable bonds is 9. The minimum atomic E-state index is 0.758. The van der Waals surface area contributed by atoms with Crippen LogP contribution in [-0.2, 0) is 0 Å². The average molecular weight is 212 g/mol. The molecular weight excluding hydrogens is 184 g/mol. The van der Waals surface area contributed by atoms with Crippen LogP contribution in [-0.4, -0.2) is 37.6 Å². The summed E-state index contributed by atoms with van der Waals surface area (Å²) in [7, 11) is 2.28. The summed E-state index contributed by atoms with van der Waals surface area (Å²) in [5.74, 6) is 1.02. The standard InChI is InChI=1S/C13H28N2/c1-4-9-14-10-5-6-12(2)15(3)11-13-7-8-13/h12-14H,4-11H2,1-3H3. The van der Waals surface area contributed by atoms with Gasteiger partial charge in [0.15, 0.2) is 0 Å². The van der Waals surface area contributed by atoms with E-state index in [9.17, 15) is 0 Å². The van der Waals surface area contributed by atoms with Crippen LogP contribution >= 0.6 is 0 Å². The molecule has 0 aromatic heterocycles. The van der Waals surface area contributed by atoms with E-state index in [0.29, 0.717) is 0 Å². The van der Waals surface area contributed by atoms with E-state index < -0.39 is 0 Å². The zero-order valence-corrected chi connectivity index (χ0v) is 10.8. The molecule has 0 spiro atoms. The summed E-state index contributed by atoms with van der Waals surface area (Å²) in [4.78, 5) is 2.54. The molecule has 0 aliphatic heterocycles. The summed E-state index contributed by atoms with van der Waals surface area (Å²) in [6, 6.07) is 0.758. The summed E-state index contributed by atoms with van der Waals surface area (Å²) in [6.07, 6.45) is 6.83. The molecule has 2 nitrogen and oxygen atoms in total. The smallest absolute Gasteiger partial charge is 0.00644 e. The highest BCUT2D eigenvalue weighted by atomic mass is 15.1. The first-order valence-corrected chi connectivity index (χ1v) is 6.65. The van der Waals surface area contributed by atoms with E-state index in [0.717, 1.165) is 12.0 Å². The van der Waals surface area contributed by atoms with Crippen molar-refractivity contribution in [2.75, 3.05) is 26.7 Å². The van der Waals surface area contributed by atoms with Crippen molar-refractivity contribution in [1.29, 1.82) is 0 Å². The van der Waals surface area contributed by atoms with Crippen LogP contribution in [0.3, 0.4) is 0 Å². The first-order chi connectivity index (χ1) is 7.24. The Balaban J connectivity index is 1.93. The van der Waals surface area contributed by atoms with Crippen molar-refractivity contribution in [1.82, 2.24) is 10.2 Å². The number of nitrogens with one attached hydrogen (secondary N) is 1. The fourth-order valence-corrected chi connectivity index (χ4v) is 1.93. The summed E-state index contributed by atoms with van der Waals surface area (Å²) in [6.45, 7) is 8.27. The lowest BCUT2D eigenvalue weighted by molar-refractivity contribution is 0.233. The van der Waals surface area contributed by atoms with Crippen LogP contribution in [0.2, 0.25) is 0 Å². The van der Waals surface area contributed by atoms with Crippen molar-refractivity contribution >= 4 is 0 Å². The van der Waals surface area contributed by atoms with E-state index >= 15 is 0 Å². The van der Waals surface area contributed by atoms with Gasteiger partial charge >= 0.3 is 0 Å². The second kappa shape index (κ2) is 7.24. The van der Waals surface area contributed by atoms with Crippen molar-refractivity contribution in [3.8, 4) is 0 Å². The number of hydrogen-bond acceptors (Lipinski definition) is 2. The predicted octanol–water partition coefficient (Wildman–Crippen LogP) is 2.50. The minimum absolute atomic E-state index is 0.758. The summed E-state index contributed by atoms with van der Waals surface area (Å²) in [5.41, 5.74) is 0. The van der Waals surface area contributed by atoms with E-state index in [2.05, 4.69) is 31.1 Å². The Hall–Kier alpha value is -0.0800. The van der Waals surface area contributed by atoms with Gasteiger partial charge in [-0.3, -0.25) is 0 Å². The molecule has 1 atom stereocenters. The molecule has 0 saturated heterocycles. The summed E-state index contributed by atoms with van der Waals surface area (Å²) >= 11 is 0. The second-order valence-corrected chi connectivity index (χ2v) is 5.12. The largest absolute Gasteiger partial charge is 0.317 e. The van der Waals surface area contributed by atoms with Gasteiger partial charge in [0.05, 0.1) is 0 Å². The molecule has 0 heterocycles. The Morgan fingerprint density at radius 2 is 2.07 bits per heavy atom. The van der Waals surface area contributed by atoms with Crippen LogP contribution in [0.15, 0.2) is 0 Å². The zero-order chi connectivity index (χ0) is 11.1. The van der Waals surface area contributed by atoms with Crippen LogP contribution in [0.1, 0.15) is 46.0 Å². The van der Waals surface area contributed by atoms with E-state index in [1.54, 1.807) is 0 Å². The summed E-state index contributed by atoms with van der Waals surface area (Å²) < 4.78 is 0. The lowest BCUT2D eigenvalue weighted by Crippen LogP contribution is -2.31. The Labute approximate surface area is 95.4 Å². The highest BCUT2D eigenvalue weighted by Crippen LogP contribution is 2.30. The van der Waals surface area contributed by atoms with Gasteiger partial charge in [-0.2, -0.15) is 0 Å². The van der Waals surface area contributed by atoms with E-state index in [1.807, 2.05) is 0 Å². The van der Waals surface area contributed by atoms with Crippen LogP contribution in [0.4, 0.5) is 0 Å². The van der Waals surface area contributed by atoms with Crippen molar-refractivity contribution in [2.45, 2.75) is 52.0 Å². The van der Waals surface area contributed by atoms with Crippen molar-refractivity contribution in [3.05, 3.63) is 0 Å². The molecule has 1 aliphatic carbocycles. The number of hydrogen-bond donors (Lipinski definition) is 1. The van der Waals surface area contributed by atoms with Gasteiger partial charge in [-0.1, -0.05) is 6.92 Å². The monoisotopic (exact) mass is 212 g/mol. The number of nitrogens with zero attached hydrogens (tertiary/aromatic N) is 1. The maximum absolute atomic E-state index is 3.46. The van der Waals surface area contributed by atoms with E-state index in [1.165, 1.54) is 51.7 Å². The minimum Gasteiger partial charge on any atom is -0.317 e. The molecular formula is C13H28N2. The molecule has 0 bridgehead atoms. The Morgan fingerprint density at radius 3 is 2.67 bits per heavy atom. The fraction of sp³-hybridized carbons (Fsp3) is 1.00. The van der Waals surface area contributed by atoms with Gasteiger partial charge in [-0.05, 0) is 65.1 Å². The maximum Gasteiger partial charge on any atom is 0.00644 e. The molecule has 90 valence electrons.